The zero-order chi connectivity index (χ0) is 13.1. The number of unbranched alkanes of at least 4 members (excludes halogenated alkanes) is 5. The van der Waals surface area contributed by atoms with Crippen molar-refractivity contribution in [2.24, 2.45) is 0 Å². The number of hydrogen-bond acceptors (Lipinski definition) is 2. The standard InChI is InChI=1S/C13H26N2O2/c1-4-5-6-7-8-9-10-14-12(16)13(17)15-11(2)3/h11H,4-10H2,1-3H3,(H,14,16)(H,15,17). The molecule has 0 aromatic carbocycles. The van der Waals surface area contributed by atoms with E-state index in [2.05, 4.69) is 17.6 Å². The molecule has 0 bridgehead atoms. The fourth-order valence-electron chi connectivity index (χ4n) is 1.52. The van der Waals surface area contributed by atoms with Crippen molar-refractivity contribution in [1.29, 1.82) is 0 Å². The molecule has 0 fully saturated rings. The number of carbonyl (C=O) groups is 2. The van der Waals surface area contributed by atoms with Gasteiger partial charge >= 0.3 is 11.8 Å². The second kappa shape index (κ2) is 10.1. The normalized spacial score (nSPS) is 10.4. The van der Waals surface area contributed by atoms with Gasteiger partial charge in [0.1, 0.15) is 0 Å². The van der Waals surface area contributed by atoms with Crippen LogP contribution in [-0.4, -0.2) is 24.4 Å². The van der Waals surface area contributed by atoms with Crippen LogP contribution in [0.25, 0.3) is 0 Å². The van der Waals surface area contributed by atoms with Gasteiger partial charge in [0.25, 0.3) is 0 Å². The highest BCUT2D eigenvalue weighted by molar-refractivity contribution is 6.35. The van der Waals surface area contributed by atoms with Crippen molar-refractivity contribution in [3.05, 3.63) is 0 Å². The number of carbonyl (C=O) groups excluding carboxylic acids is 2. The third-order valence-corrected chi connectivity index (χ3v) is 2.44. The Morgan fingerprint density at radius 1 is 0.941 bits per heavy atom. The minimum atomic E-state index is -0.536. The van der Waals surface area contributed by atoms with Crippen molar-refractivity contribution in [3.8, 4) is 0 Å². The minimum Gasteiger partial charge on any atom is -0.348 e. The fourth-order valence-corrected chi connectivity index (χ4v) is 1.52. The van der Waals surface area contributed by atoms with Crippen molar-refractivity contribution in [2.75, 3.05) is 6.54 Å². The van der Waals surface area contributed by atoms with E-state index in [1.807, 2.05) is 13.8 Å². The lowest BCUT2D eigenvalue weighted by Crippen LogP contribution is -2.42. The second-order valence-corrected chi connectivity index (χ2v) is 4.65. The van der Waals surface area contributed by atoms with Crippen molar-refractivity contribution < 1.29 is 9.59 Å². The molecule has 0 aromatic heterocycles. The lowest BCUT2D eigenvalue weighted by atomic mass is 10.1. The van der Waals surface area contributed by atoms with Crippen LogP contribution in [0.1, 0.15) is 59.3 Å². The van der Waals surface area contributed by atoms with Crippen LogP contribution in [0.4, 0.5) is 0 Å². The van der Waals surface area contributed by atoms with Crippen LogP contribution in [0.2, 0.25) is 0 Å². The summed E-state index contributed by atoms with van der Waals surface area (Å²) in [6.07, 6.45) is 7.06. The quantitative estimate of drug-likeness (QED) is 0.505. The smallest absolute Gasteiger partial charge is 0.309 e. The Bertz CT molecular complexity index is 227. The van der Waals surface area contributed by atoms with Crippen LogP contribution >= 0.6 is 0 Å². The SMILES string of the molecule is CCCCCCCCNC(=O)C(=O)NC(C)C. The highest BCUT2D eigenvalue weighted by Gasteiger charge is 2.12. The molecule has 0 radical (unpaired) electrons. The van der Waals surface area contributed by atoms with Crippen LogP contribution in [0.15, 0.2) is 0 Å². The van der Waals surface area contributed by atoms with E-state index in [0.29, 0.717) is 6.54 Å². The van der Waals surface area contributed by atoms with Crippen LogP contribution in [0.3, 0.4) is 0 Å². The lowest BCUT2D eigenvalue weighted by Gasteiger charge is -2.08. The minimum absolute atomic E-state index is 0.00212. The maximum atomic E-state index is 11.3. The number of hydrogen-bond donors (Lipinski definition) is 2. The molecular formula is C13H26N2O2. The summed E-state index contributed by atoms with van der Waals surface area (Å²) < 4.78 is 0. The largest absolute Gasteiger partial charge is 0.348 e. The predicted molar refractivity (Wildman–Crippen MR) is 69.7 cm³/mol. The van der Waals surface area contributed by atoms with Crippen molar-refractivity contribution in [2.45, 2.75) is 65.3 Å². The van der Waals surface area contributed by atoms with Gasteiger partial charge in [-0.15, -0.1) is 0 Å². The number of rotatable bonds is 8. The summed E-state index contributed by atoms with van der Waals surface area (Å²) in [6.45, 7) is 6.45. The summed E-state index contributed by atoms with van der Waals surface area (Å²) >= 11 is 0. The molecule has 0 saturated carbocycles. The van der Waals surface area contributed by atoms with E-state index in [-0.39, 0.29) is 6.04 Å². The van der Waals surface area contributed by atoms with Gasteiger partial charge in [-0.05, 0) is 20.3 Å². The Morgan fingerprint density at radius 2 is 1.53 bits per heavy atom. The first kappa shape index (κ1) is 15.9. The molecular weight excluding hydrogens is 216 g/mol. The summed E-state index contributed by atoms with van der Waals surface area (Å²) in [6, 6.07) is 0.00212. The zero-order valence-corrected chi connectivity index (χ0v) is 11.3. The van der Waals surface area contributed by atoms with Crippen LogP contribution in [-0.2, 0) is 9.59 Å². The third-order valence-electron chi connectivity index (χ3n) is 2.44. The first-order valence-corrected chi connectivity index (χ1v) is 6.66. The van der Waals surface area contributed by atoms with Gasteiger partial charge in [0.15, 0.2) is 0 Å². The Hall–Kier alpha value is -1.06. The van der Waals surface area contributed by atoms with E-state index < -0.39 is 11.8 Å². The second-order valence-electron chi connectivity index (χ2n) is 4.65. The summed E-state index contributed by atoms with van der Waals surface area (Å²) in [5.74, 6) is -1.06. The zero-order valence-electron chi connectivity index (χ0n) is 11.3. The molecule has 0 unspecified atom stereocenters. The lowest BCUT2D eigenvalue weighted by molar-refractivity contribution is -0.139. The monoisotopic (exact) mass is 242 g/mol. The Morgan fingerprint density at radius 3 is 2.12 bits per heavy atom. The van der Waals surface area contributed by atoms with E-state index in [1.165, 1.54) is 25.7 Å². The van der Waals surface area contributed by atoms with Crippen LogP contribution in [0, 0.1) is 0 Å². The summed E-state index contributed by atoms with van der Waals surface area (Å²) in [5.41, 5.74) is 0. The number of amides is 2. The Labute approximate surface area is 105 Å². The van der Waals surface area contributed by atoms with E-state index in [0.717, 1.165) is 12.8 Å². The molecule has 0 aromatic rings. The molecule has 0 aliphatic carbocycles. The molecule has 4 nitrogen and oxygen atoms in total. The van der Waals surface area contributed by atoms with Gasteiger partial charge in [0.05, 0.1) is 0 Å². The Kier molecular flexibility index (Phi) is 9.49. The van der Waals surface area contributed by atoms with Crippen molar-refractivity contribution in [1.82, 2.24) is 10.6 Å². The first-order valence-electron chi connectivity index (χ1n) is 6.66. The van der Waals surface area contributed by atoms with Gasteiger partial charge in [-0.2, -0.15) is 0 Å². The predicted octanol–water partition coefficient (Wildman–Crippen LogP) is 1.99. The summed E-state index contributed by atoms with van der Waals surface area (Å²) in [7, 11) is 0. The molecule has 0 atom stereocenters. The molecule has 0 aliphatic heterocycles. The molecule has 0 saturated heterocycles. The topological polar surface area (TPSA) is 58.2 Å². The van der Waals surface area contributed by atoms with Gasteiger partial charge in [0, 0.05) is 12.6 Å². The van der Waals surface area contributed by atoms with Crippen LogP contribution < -0.4 is 10.6 Å². The van der Waals surface area contributed by atoms with E-state index in [1.54, 1.807) is 0 Å². The number of nitrogens with one attached hydrogen (secondary N) is 2. The van der Waals surface area contributed by atoms with Gasteiger partial charge in [-0.3, -0.25) is 9.59 Å². The average Bonchev–Trinajstić information content (AvgIpc) is 2.26. The molecule has 0 heterocycles. The fraction of sp³-hybridized carbons (Fsp3) is 0.846. The maximum absolute atomic E-state index is 11.3. The molecule has 0 aliphatic rings. The Balaban J connectivity index is 3.42. The van der Waals surface area contributed by atoms with Gasteiger partial charge in [0.2, 0.25) is 0 Å². The highest BCUT2D eigenvalue weighted by Crippen LogP contribution is 2.03. The van der Waals surface area contributed by atoms with Gasteiger partial charge < -0.3 is 10.6 Å². The van der Waals surface area contributed by atoms with E-state index in [9.17, 15) is 9.59 Å². The average molecular weight is 242 g/mol. The molecule has 100 valence electrons. The van der Waals surface area contributed by atoms with Gasteiger partial charge in [-0.25, -0.2) is 0 Å². The van der Waals surface area contributed by atoms with Gasteiger partial charge in [-0.1, -0.05) is 39.0 Å². The molecule has 0 rings (SSSR count). The summed E-state index contributed by atoms with van der Waals surface area (Å²) in [4.78, 5) is 22.5. The molecule has 17 heavy (non-hydrogen) atoms. The van der Waals surface area contributed by atoms with E-state index in [4.69, 9.17) is 0 Å². The molecule has 2 amide bonds. The van der Waals surface area contributed by atoms with Crippen molar-refractivity contribution >= 4 is 11.8 Å². The molecule has 0 spiro atoms. The van der Waals surface area contributed by atoms with Crippen LogP contribution in [0.5, 0.6) is 0 Å². The first-order chi connectivity index (χ1) is 8.07. The maximum Gasteiger partial charge on any atom is 0.309 e. The highest BCUT2D eigenvalue weighted by atomic mass is 16.2. The third kappa shape index (κ3) is 9.85. The molecule has 2 N–H and O–H groups in total. The summed E-state index contributed by atoms with van der Waals surface area (Å²) in [5, 5.41) is 5.19. The van der Waals surface area contributed by atoms with Crippen molar-refractivity contribution in [3.63, 3.8) is 0 Å². The molecule has 4 heteroatoms. The van der Waals surface area contributed by atoms with E-state index >= 15 is 0 Å².